The minimum atomic E-state index is -1.23. The molecule has 4 unspecified atom stereocenters. The van der Waals surface area contributed by atoms with E-state index in [1.807, 2.05) is 6.92 Å². The zero-order valence-corrected chi connectivity index (χ0v) is 23.0. The van der Waals surface area contributed by atoms with Gasteiger partial charge in [0.2, 0.25) is 11.8 Å². The summed E-state index contributed by atoms with van der Waals surface area (Å²) in [6.07, 6.45) is 0.844. The second-order valence-corrected chi connectivity index (χ2v) is 10.2. The molecule has 4 atom stereocenters. The Balaban J connectivity index is 1.82. The Labute approximate surface area is 236 Å². The first-order valence-corrected chi connectivity index (χ1v) is 13.4. The Morgan fingerprint density at radius 3 is 2.62 bits per heavy atom. The Morgan fingerprint density at radius 2 is 1.97 bits per heavy atom. The lowest BCUT2D eigenvalue weighted by Crippen LogP contribution is -2.55. The monoisotopic (exact) mass is 576 g/mol. The summed E-state index contributed by atoms with van der Waals surface area (Å²) in [6, 6.07) is 7.22. The van der Waals surface area contributed by atoms with E-state index in [2.05, 4.69) is 5.32 Å². The molecule has 2 aliphatic rings. The van der Waals surface area contributed by atoms with Gasteiger partial charge in [-0.15, -0.1) is 0 Å². The van der Waals surface area contributed by atoms with Crippen molar-refractivity contribution in [3.05, 3.63) is 68.7 Å². The van der Waals surface area contributed by atoms with Gasteiger partial charge in [-0.3, -0.25) is 14.4 Å². The van der Waals surface area contributed by atoms with Crippen LogP contribution < -0.4 is 14.8 Å². The molecule has 0 aromatic heterocycles. The molecule has 1 aliphatic heterocycles. The molecule has 2 aromatic rings. The summed E-state index contributed by atoms with van der Waals surface area (Å²) in [4.78, 5) is 39.9. The Morgan fingerprint density at radius 1 is 1.21 bits per heavy atom. The topological polar surface area (TPSA) is 125 Å². The summed E-state index contributed by atoms with van der Waals surface area (Å²) in [5, 5.41) is 24.3. The second kappa shape index (κ2) is 12.4. The molecular formula is C28H30Cl2N2O7. The summed E-state index contributed by atoms with van der Waals surface area (Å²) in [7, 11) is 1.43. The van der Waals surface area contributed by atoms with Crippen LogP contribution in [0.5, 0.6) is 11.5 Å². The number of nitrogens with one attached hydrogen (secondary N) is 1. The van der Waals surface area contributed by atoms with Gasteiger partial charge in [0.25, 0.3) is 0 Å². The lowest BCUT2D eigenvalue weighted by Gasteiger charge is -2.41. The molecule has 3 N–H and O–H groups in total. The predicted octanol–water partition coefficient (Wildman–Crippen LogP) is 3.27. The molecule has 208 valence electrons. The summed E-state index contributed by atoms with van der Waals surface area (Å²) in [5.41, 5.74) is 1.77. The van der Waals surface area contributed by atoms with Gasteiger partial charge in [0.1, 0.15) is 18.5 Å². The summed E-state index contributed by atoms with van der Waals surface area (Å²) >= 11 is 12.3. The molecule has 0 saturated carbocycles. The largest absolute Gasteiger partial charge is 0.493 e. The molecule has 2 amide bonds. The standard InChI is InChI=1S/C28H30Cl2N2O7/c1-3-4-23(35)32(13-15-5-6-19(29)20(30)10-15)21-12-18(28(37)31-7-8-33)24-17-9-16(14-34)11-22(38-2)26(17)39-27(24)25(21)36/h5-6,9-12,14,21,24-25,27,33,36H,3-4,7-8,13H2,1-2H3,(H,31,37). The number of methoxy groups -OCH3 is 1. The maximum Gasteiger partial charge on any atom is 0.247 e. The normalized spacial score (nSPS) is 21.2. The molecule has 1 heterocycles. The molecule has 0 spiro atoms. The van der Waals surface area contributed by atoms with Crippen molar-refractivity contribution in [1.29, 1.82) is 0 Å². The quantitative estimate of drug-likeness (QED) is 0.370. The zero-order valence-electron chi connectivity index (χ0n) is 21.5. The molecule has 9 nitrogen and oxygen atoms in total. The summed E-state index contributed by atoms with van der Waals surface area (Å²) in [5.74, 6) is -0.854. The highest BCUT2D eigenvalue weighted by Gasteiger charge is 2.51. The predicted molar refractivity (Wildman–Crippen MR) is 145 cm³/mol. The lowest BCUT2D eigenvalue weighted by molar-refractivity contribution is -0.138. The van der Waals surface area contributed by atoms with Gasteiger partial charge in [-0.2, -0.15) is 0 Å². The highest BCUT2D eigenvalue weighted by Crippen LogP contribution is 2.51. The Hall–Kier alpha value is -3.11. The van der Waals surface area contributed by atoms with Crippen molar-refractivity contribution in [2.24, 2.45) is 0 Å². The molecule has 0 fully saturated rings. The van der Waals surface area contributed by atoms with E-state index >= 15 is 0 Å². The molecular weight excluding hydrogens is 547 g/mol. The lowest BCUT2D eigenvalue weighted by atomic mass is 9.77. The number of aldehydes is 1. The van der Waals surface area contributed by atoms with E-state index in [4.69, 9.17) is 32.7 Å². The number of hydrogen-bond donors (Lipinski definition) is 3. The van der Waals surface area contributed by atoms with Gasteiger partial charge >= 0.3 is 0 Å². The number of amides is 2. The average Bonchev–Trinajstić information content (AvgIpc) is 3.32. The fourth-order valence-electron chi connectivity index (χ4n) is 5.11. The van der Waals surface area contributed by atoms with E-state index < -0.39 is 30.1 Å². The molecule has 0 saturated heterocycles. The highest BCUT2D eigenvalue weighted by atomic mass is 35.5. The smallest absolute Gasteiger partial charge is 0.247 e. The van der Waals surface area contributed by atoms with Crippen molar-refractivity contribution >= 4 is 41.3 Å². The van der Waals surface area contributed by atoms with E-state index in [0.717, 1.165) is 0 Å². The highest BCUT2D eigenvalue weighted by molar-refractivity contribution is 6.42. The third-order valence-corrected chi connectivity index (χ3v) is 7.63. The van der Waals surface area contributed by atoms with E-state index in [0.29, 0.717) is 45.2 Å². The number of nitrogens with zero attached hydrogens (tertiary/aromatic N) is 1. The van der Waals surface area contributed by atoms with Gasteiger partial charge in [-0.25, -0.2) is 0 Å². The van der Waals surface area contributed by atoms with E-state index in [1.54, 1.807) is 30.3 Å². The second-order valence-electron chi connectivity index (χ2n) is 9.42. The van der Waals surface area contributed by atoms with Crippen molar-refractivity contribution in [3.8, 4) is 11.5 Å². The number of benzene rings is 2. The van der Waals surface area contributed by atoms with Crippen LogP contribution in [-0.2, 0) is 16.1 Å². The maximum absolute atomic E-state index is 13.4. The first-order valence-electron chi connectivity index (χ1n) is 12.6. The SMILES string of the molecule is CCCC(=O)N(Cc1ccc(Cl)c(Cl)c1)C1C=C(C(=O)NCCO)C2c3cc(C=O)cc(OC)c3OC2C1O. The number of aliphatic hydroxyl groups is 2. The number of fused-ring (bicyclic) bond motifs is 3. The fraction of sp³-hybridized carbons (Fsp3) is 0.393. The van der Waals surface area contributed by atoms with Crippen molar-refractivity contribution in [2.75, 3.05) is 20.3 Å². The number of ether oxygens (including phenoxy) is 2. The molecule has 39 heavy (non-hydrogen) atoms. The van der Waals surface area contributed by atoms with Crippen LogP contribution in [0.15, 0.2) is 42.0 Å². The van der Waals surface area contributed by atoms with Gasteiger partial charge in [0, 0.05) is 36.2 Å². The molecule has 2 aromatic carbocycles. The van der Waals surface area contributed by atoms with Crippen LogP contribution in [0.1, 0.15) is 47.2 Å². The van der Waals surface area contributed by atoms with Gasteiger partial charge in [-0.1, -0.05) is 36.2 Å². The van der Waals surface area contributed by atoms with Gasteiger partial charge in [0.05, 0.1) is 35.7 Å². The number of hydrogen-bond acceptors (Lipinski definition) is 7. The minimum Gasteiger partial charge on any atom is -0.493 e. The molecule has 1 aliphatic carbocycles. The van der Waals surface area contributed by atoms with Crippen LogP contribution in [0.25, 0.3) is 0 Å². The first-order chi connectivity index (χ1) is 18.7. The van der Waals surface area contributed by atoms with Crippen molar-refractivity contribution in [1.82, 2.24) is 10.2 Å². The van der Waals surface area contributed by atoms with Crippen LogP contribution in [0.3, 0.4) is 0 Å². The molecule has 0 bridgehead atoms. The Kier molecular flexibility index (Phi) is 9.17. The average molecular weight is 577 g/mol. The fourth-order valence-corrected chi connectivity index (χ4v) is 5.43. The van der Waals surface area contributed by atoms with Crippen LogP contribution in [0.2, 0.25) is 10.0 Å². The zero-order chi connectivity index (χ0) is 28.3. The number of carbonyl (C=O) groups excluding carboxylic acids is 3. The van der Waals surface area contributed by atoms with Gasteiger partial charge in [-0.05, 0) is 42.3 Å². The van der Waals surface area contributed by atoms with Crippen molar-refractivity contribution < 1.29 is 34.1 Å². The third kappa shape index (κ3) is 5.77. The van der Waals surface area contributed by atoms with Crippen LogP contribution in [0, 0.1) is 0 Å². The van der Waals surface area contributed by atoms with Crippen molar-refractivity contribution in [2.45, 2.75) is 50.5 Å². The number of rotatable bonds is 10. The van der Waals surface area contributed by atoms with E-state index in [-0.39, 0.29) is 43.3 Å². The number of carbonyl (C=O) groups is 3. The summed E-state index contributed by atoms with van der Waals surface area (Å²) < 4.78 is 11.6. The minimum absolute atomic E-state index is 0.00788. The maximum atomic E-state index is 13.4. The van der Waals surface area contributed by atoms with E-state index in [1.165, 1.54) is 18.1 Å². The first kappa shape index (κ1) is 28.9. The summed E-state index contributed by atoms with van der Waals surface area (Å²) in [6.45, 7) is 1.71. The number of aliphatic hydroxyl groups excluding tert-OH is 2. The van der Waals surface area contributed by atoms with Gasteiger partial charge < -0.3 is 29.9 Å². The molecule has 4 rings (SSSR count). The number of halogens is 2. The Bertz CT molecular complexity index is 1300. The van der Waals surface area contributed by atoms with Crippen LogP contribution in [-0.4, -0.2) is 71.7 Å². The van der Waals surface area contributed by atoms with Crippen molar-refractivity contribution in [3.63, 3.8) is 0 Å². The van der Waals surface area contributed by atoms with Gasteiger partial charge in [0.15, 0.2) is 11.5 Å². The van der Waals surface area contributed by atoms with E-state index in [9.17, 15) is 24.6 Å². The third-order valence-electron chi connectivity index (χ3n) is 6.89. The molecule has 11 heteroatoms. The van der Waals surface area contributed by atoms with Crippen LogP contribution in [0.4, 0.5) is 0 Å². The molecule has 0 radical (unpaired) electrons. The van der Waals surface area contributed by atoms with Crippen LogP contribution >= 0.6 is 23.2 Å².